The topological polar surface area (TPSA) is 75.6 Å². The second-order valence-corrected chi connectivity index (χ2v) is 9.60. The maximum Gasteiger partial charge on any atom is 0.243 e. The van der Waals surface area contributed by atoms with Crippen molar-refractivity contribution in [1.29, 1.82) is 0 Å². The molecule has 0 amide bonds. The van der Waals surface area contributed by atoms with Gasteiger partial charge in [-0.15, -0.1) is 0 Å². The van der Waals surface area contributed by atoms with Crippen molar-refractivity contribution in [2.24, 2.45) is 0 Å². The van der Waals surface area contributed by atoms with Crippen LogP contribution in [0.1, 0.15) is 17.0 Å². The molecule has 4 rings (SSSR count). The van der Waals surface area contributed by atoms with E-state index < -0.39 is 10.0 Å². The van der Waals surface area contributed by atoms with Crippen molar-refractivity contribution >= 4 is 15.8 Å². The highest BCUT2D eigenvalue weighted by atomic mass is 32.2. The number of aryl methyl sites for hydroxylation is 3. The predicted octanol–water partition coefficient (Wildman–Crippen LogP) is 3.71. The molecule has 3 aromatic rings. The normalized spacial score (nSPS) is 15.1. The lowest BCUT2D eigenvalue weighted by atomic mass is 10.1. The number of hydrogen-bond donors (Lipinski definition) is 0. The third kappa shape index (κ3) is 4.70. The van der Waals surface area contributed by atoms with Crippen molar-refractivity contribution in [2.75, 3.05) is 31.1 Å². The molecule has 0 N–H and O–H groups in total. The van der Waals surface area contributed by atoms with E-state index in [1.165, 1.54) is 0 Å². The first-order valence-electron chi connectivity index (χ1n) is 10.2. The minimum Gasteiger partial charge on any atom is -0.439 e. The summed E-state index contributed by atoms with van der Waals surface area (Å²) in [4.78, 5) is 11.3. The summed E-state index contributed by atoms with van der Waals surface area (Å²) in [5.74, 6) is 2.52. The van der Waals surface area contributed by atoms with E-state index in [0.717, 1.165) is 16.9 Å². The van der Waals surface area contributed by atoms with Crippen LogP contribution in [0.15, 0.2) is 59.5 Å². The molecular weight excluding hydrogens is 412 g/mol. The van der Waals surface area contributed by atoms with Crippen molar-refractivity contribution < 1.29 is 13.2 Å². The molecule has 0 aliphatic carbocycles. The number of aromatic nitrogens is 2. The van der Waals surface area contributed by atoms with E-state index in [4.69, 9.17) is 4.74 Å². The summed E-state index contributed by atoms with van der Waals surface area (Å²) < 4.78 is 33.5. The molecule has 0 saturated carbocycles. The Balaban J connectivity index is 1.48. The lowest BCUT2D eigenvalue weighted by Crippen LogP contribution is -2.49. The van der Waals surface area contributed by atoms with E-state index in [0.29, 0.717) is 48.5 Å². The van der Waals surface area contributed by atoms with Crippen molar-refractivity contribution in [3.8, 4) is 11.6 Å². The fourth-order valence-corrected chi connectivity index (χ4v) is 5.04. The van der Waals surface area contributed by atoms with Crippen LogP contribution < -0.4 is 9.64 Å². The van der Waals surface area contributed by atoms with Crippen LogP contribution in [0.4, 0.5) is 5.82 Å². The van der Waals surface area contributed by atoms with Gasteiger partial charge in [-0.25, -0.2) is 13.4 Å². The molecule has 0 unspecified atom stereocenters. The predicted molar refractivity (Wildman–Crippen MR) is 120 cm³/mol. The third-order valence-electron chi connectivity index (χ3n) is 5.45. The minimum absolute atomic E-state index is 0.348. The van der Waals surface area contributed by atoms with Crippen molar-refractivity contribution in [1.82, 2.24) is 14.3 Å². The number of sulfonamides is 1. The van der Waals surface area contributed by atoms with Gasteiger partial charge in [-0.3, -0.25) is 0 Å². The average molecular weight is 439 g/mol. The average Bonchev–Trinajstić information content (AvgIpc) is 2.76. The molecule has 7 nitrogen and oxygen atoms in total. The fourth-order valence-electron chi connectivity index (χ4n) is 3.53. The van der Waals surface area contributed by atoms with E-state index in [-0.39, 0.29) is 0 Å². The first kappa shape index (κ1) is 21.3. The number of benzene rings is 2. The number of piperazine rings is 1. The molecule has 0 atom stereocenters. The van der Waals surface area contributed by atoms with Crippen LogP contribution in [-0.2, 0) is 10.0 Å². The zero-order valence-electron chi connectivity index (χ0n) is 17.9. The number of ether oxygens (including phenoxy) is 1. The van der Waals surface area contributed by atoms with Gasteiger partial charge in [0.1, 0.15) is 17.4 Å². The number of para-hydroxylation sites is 1. The largest absolute Gasteiger partial charge is 0.439 e. The van der Waals surface area contributed by atoms with E-state index in [2.05, 4.69) is 14.9 Å². The van der Waals surface area contributed by atoms with Gasteiger partial charge in [-0.05, 0) is 56.2 Å². The molecule has 0 radical (unpaired) electrons. The van der Waals surface area contributed by atoms with Gasteiger partial charge in [0.25, 0.3) is 0 Å². The van der Waals surface area contributed by atoms with Crippen LogP contribution in [0.3, 0.4) is 0 Å². The van der Waals surface area contributed by atoms with Crippen LogP contribution >= 0.6 is 0 Å². The summed E-state index contributed by atoms with van der Waals surface area (Å²) >= 11 is 0. The lowest BCUT2D eigenvalue weighted by Gasteiger charge is -2.34. The van der Waals surface area contributed by atoms with E-state index >= 15 is 0 Å². The Morgan fingerprint density at radius 1 is 0.839 bits per heavy atom. The highest BCUT2D eigenvalue weighted by molar-refractivity contribution is 7.89. The fraction of sp³-hybridized carbons (Fsp3) is 0.304. The van der Waals surface area contributed by atoms with Gasteiger partial charge in [-0.2, -0.15) is 9.29 Å². The smallest absolute Gasteiger partial charge is 0.243 e. The van der Waals surface area contributed by atoms with Gasteiger partial charge >= 0.3 is 0 Å². The molecule has 162 valence electrons. The molecule has 2 aromatic carbocycles. The molecule has 0 spiro atoms. The van der Waals surface area contributed by atoms with E-state index in [1.807, 2.05) is 57.2 Å². The zero-order chi connectivity index (χ0) is 22.0. The first-order valence-corrected chi connectivity index (χ1v) is 11.7. The molecule has 8 heteroatoms. The van der Waals surface area contributed by atoms with Gasteiger partial charge < -0.3 is 9.64 Å². The molecule has 1 fully saturated rings. The van der Waals surface area contributed by atoms with Gasteiger partial charge in [-0.1, -0.05) is 24.3 Å². The Labute approximate surface area is 183 Å². The number of rotatable bonds is 5. The molecule has 1 aliphatic rings. The second-order valence-electron chi connectivity index (χ2n) is 7.66. The molecule has 2 heterocycles. The summed E-state index contributed by atoms with van der Waals surface area (Å²) in [5, 5.41) is 0. The number of nitrogens with zero attached hydrogens (tertiary/aromatic N) is 4. The highest BCUT2D eigenvalue weighted by Crippen LogP contribution is 2.25. The van der Waals surface area contributed by atoms with Gasteiger partial charge in [0.15, 0.2) is 0 Å². The van der Waals surface area contributed by atoms with E-state index in [1.54, 1.807) is 22.5 Å². The molecule has 1 aromatic heterocycles. The molecule has 31 heavy (non-hydrogen) atoms. The van der Waals surface area contributed by atoms with Gasteiger partial charge in [0.2, 0.25) is 15.9 Å². The zero-order valence-corrected chi connectivity index (χ0v) is 18.8. The minimum atomic E-state index is -3.51. The Morgan fingerprint density at radius 3 is 2.23 bits per heavy atom. The highest BCUT2D eigenvalue weighted by Gasteiger charge is 2.29. The van der Waals surface area contributed by atoms with Crippen molar-refractivity contribution in [2.45, 2.75) is 25.7 Å². The molecule has 1 saturated heterocycles. The van der Waals surface area contributed by atoms with E-state index in [9.17, 15) is 8.42 Å². The monoisotopic (exact) mass is 438 g/mol. The SMILES string of the molecule is Cc1nc(Oc2ccccc2)cc(N2CCN(S(=O)(=O)c3ccc(C)c(C)c3)CC2)n1. The molecule has 1 aliphatic heterocycles. The Hall–Kier alpha value is -2.97. The van der Waals surface area contributed by atoms with Crippen LogP contribution in [0.25, 0.3) is 0 Å². The molecule has 0 bridgehead atoms. The maximum atomic E-state index is 13.1. The summed E-state index contributed by atoms with van der Waals surface area (Å²) in [6, 6.07) is 16.6. The van der Waals surface area contributed by atoms with Crippen molar-refractivity contribution in [3.63, 3.8) is 0 Å². The first-order chi connectivity index (χ1) is 14.8. The van der Waals surface area contributed by atoms with Gasteiger partial charge in [0.05, 0.1) is 4.90 Å². The maximum absolute atomic E-state index is 13.1. The lowest BCUT2D eigenvalue weighted by molar-refractivity contribution is 0.383. The number of anilines is 1. The van der Waals surface area contributed by atoms with Crippen LogP contribution in [-0.4, -0.2) is 48.9 Å². The Kier molecular flexibility index (Phi) is 5.93. The third-order valence-corrected chi connectivity index (χ3v) is 7.34. The van der Waals surface area contributed by atoms with Gasteiger partial charge in [0, 0.05) is 32.2 Å². The Morgan fingerprint density at radius 2 is 1.55 bits per heavy atom. The summed E-state index contributed by atoms with van der Waals surface area (Å²) in [7, 11) is -3.51. The second kappa shape index (κ2) is 8.64. The van der Waals surface area contributed by atoms with Crippen LogP contribution in [0, 0.1) is 20.8 Å². The quantitative estimate of drug-likeness (QED) is 0.605. The Bertz CT molecular complexity index is 1170. The standard InChI is InChI=1S/C23H26N4O3S/c1-17-9-10-21(15-18(17)2)31(28,29)27-13-11-26(12-14-27)22-16-23(25-19(3)24-22)30-20-7-5-4-6-8-20/h4-10,15-16H,11-14H2,1-3H3. The van der Waals surface area contributed by atoms with Crippen LogP contribution in [0.2, 0.25) is 0 Å². The van der Waals surface area contributed by atoms with Crippen molar-refractivity contribution in [3.05, 3.63) is 71.5 Å². The number of hydrogen-bond acceptors (Lipinski definition) is 6. The summed E-state index contributed by atoms with van der Waals surface area (Å²) in [6.07, 6.45) is 0. The summed E-state index contributed by atoms with van der Waals surface area (Å²) in [6.45, 7) is 7.61. The molecular formula is C23H26N4O3S. The summed E-state index contributed by atoms with van der Waals surface area (Å²) in [5.41, 5.74) is 2.05. The van der Waals surface area contributed by atoms with Crippen LogP contribution in [0.5, 0.6) is 11.6 Å².